The second-order valence-corrected chi connectivity index (χ2v) is 9.32. The summed E-state index contributed by atoms with van der Waals surface area (Å²) in [7, 11) is 1.67. The molecule has 1 fully saturated rings. The molecule has 1 amide bonds. The summed E-state index contributed by atoms with van der Waals surface area (Å²) in [4.78, 5) is 15.7. The zero-order valence-electron chi connectivity index (χ0n) is 20.1. The highest BCUT2D eigenvalue weighted by atomic mass is 19.1. The highest BCUT2D eigenvalue weighted by Gasteiger charge is 2.33. The van der Waals surface area contributed by atoms with E-state index in [9.17, 15) is 9.18 Å². The van der Waals surface area contributed by atoms with Crippen LogP contribution in [-0.4, -0.2) is 31.0 Å². The molecule has 0 aromatic heterocycles. The Balaban J connectivity index is 1.54. The Morgan fingerprint density at radius 1 is 1.09 bits per heavy atom. The Hall–Kier alpha value is -3.18. The average Bonchev–Trinajstić information content (AvgIpc) is 2.86. The SMILES string of the molecule is COc1cccc(CN2CC(C(=O)NC(C)c3ccccc3)CC(c3ccc(F)c(C)c3)C2)c1. The molecule has 4 nitrogen and oxygen atoms in total. The van der Waals surface area contributed by atoms with Crippen LogP contribution in [0.25, 0.3) is 0 Å². The number of nitrogens with one attached hydrogen (secondary N) is 1. The first-order valence-corrected chi connectivity index (χ1v) is 11.9. The van der Waals surface area contributed by atoms with E-state index in [4.69, 9.17) is 4.74 Å². The molecule has 34 heavy (non-hydrogen) atoms. The van der Waals surface area contributed by atoms with E-state index in [1.807, 2.05) is 67.6 Å². The minimum Gasteiger partial charge on any atom is -0.497 e. The quantitative estimate of drug-likeness (QED) is 0.497. The van der Waals surface area contributed by atoms with Crippen LogP contribution in [0.3, 0.4) is 0 Å². The van der Waals surface area contributed by atoms with Gasteiger partial charge < -0.3 is 10.1 Å². The molecule has 3 aromatic carbocycles. The molecule has 5 heteroatoms. The van der Waals surface area contributed by atoms with E-state index in [-0.39, 0.29) is 29.6 Å². The maximum Gasteiger partial charge on any atom is 0.224 e. The number of ether oxygens (including phenoxy) is 1. The maximum absolute atomic E-state index is 13.9. The number of carbonyl (C=O) groups is 1. The van der Waals surface area contributed by atoms with E-state index in [1.54, 1.807) is 14.0 Å². The van der Waals surface area contributed by atoms with Gasteiger partial charge in [-0.1, -0.05) is 54.6 Å². The van der Waals surface area contributed by atoms with Crippen molar-refractivity contribution in [2.75, 3.05) is 20.2 Å². The van der Waals surface area contributed by atoms with Gasteiger partial charge in [0.15, 0.2) is 0 Å². The van der Waals surface area contributed by atoms with Gasteiger partial charge >= 0.3 is 0 Å². The average molecular weight is 461 g/mol. The van der Waals surface area contributed by atoms with Gasteiger partial charge in [0.05, 0.1) is 19.1 Å². The monoisotopic (exact) mass is 460 g/mol. The van der Waals surface area contributed by atoms with Gasteiger partial charge in [-0.2, -0.15) is 0 Å². The van der Waals surface area contributed by atoms with Crippen molar-refractivity contribution in [2.45, 2.75) is 38.8 Å². The zero-order chi connectivity index (χ0) is 24.1. The summed E-state index contributed by atoms with van der Waals surface area (Å²) in [6, 6.07) is 23.3. The third kappa shape index (κ3) is 5.84. The number of carbonyl (C=O) groups excluding carboxylic acids is 1. The second-order valence-electron chi connectivity index (χ2n) is 9.32. The number of methoxy groups -OCH3 is 1. The Bertz CT molecular complexity index is 1120. The molecular formula is C29H33FN2O2. The molecule has 3 atom stereocenters. The minimum absolute atomic E-state index is 0.0611. The Kier molecular flexibility index (Phi) is 7.63. The molecule has 0 saturated carbocycles. The Morgan fingerprint density at radius 2 is 1.88 bits per heavy atom. The van der Waals surface area contributed by atoms with Gasteiger partial charge in [0.2, 0.25) is 5.91 Å². The van der Waals surface area contributed by atoms with Gasteiger partial charge in [-0.15, -0.1) is 0 Å². The van der Waals surface area contributed by atoms with E-state index in [1.165, 1.54) is 6.07 Å². The van der Waals surface area contributed by atoms with Crippen LogP contribution >= 0.6 is 0 Å². The topological polar surface area (TPSA) is 41.6 Å². The molecule has 3 unspecified atom stereocenters. The van der Waals surface area contributed by atoms with E-state index >= 15 is 0 Å². The van der Waals surface area contributed by atoms with Crippen molar-refractivity contribution in [2.24, 2.45) is 5.92 Å². The molecule has 1 N–H and O–H groups in total. The lowest BCUT2D eigenvalue weighted by Crippen LogP contribution is -2.45. The van der Waals surface area contributed by atoms with Crippen LogP contribution < -0.4 is 10.1 Å². The number of benzene rings is 3. The lowest BCUT2D eigenvalue weighted by Gasteiger charge is -2.38. The van der Waals surface area contributed by atoms with Crippen LogP contribution in [-0.2, 0) is 11.3 Å². The largest absolute Gasteiger partial charge is 0.497 e. The molecule has 1 saturated heterocycles. The molecule has 0 radical (unpaired) electrons. The first kappa shape index (κ1) is 24.0. The maximum atomic E-state index is 13.9. The van der Waals surface area contributed by atoms with Gasteiger partial charge in [0.25, 0.3) is 0 Å². The number of hydrogen-bond acceptors (Lipinski definition) is 3. The van der Waals surface area contributed by atoms with Crippen LogP contribution in [0.15, 0.2) is 72.8 Å². The van der Waals surface area contributed by atoms with Gasteiger partial charge in [-0.3, -0.25) is 9.69 Å². The fourth-order valence-electron chi connectivity index (χ4n) is 4.86. The van der Waals surface area contributed by atoms with E-state index in [2.05, 4.69) is 16.3 Å². The predicted molar refractivity (Wildman–Crippen MR) is 133 cm³/mol. The number of piperidine rings is 1. The summed E-state index contributed by atoms with van der Waals surface area (Å²) in [6.45, 7) is 6.04. The Morgan fingerprint density at radius 3 is 2.62 bits per heavy atom. The third-order valence-corrected chi connectivity index (χ3v) is 6.75. The summed E-state index contributed by atoms with van der Waals surface area (Å²) < 4.78 is 19.3. The lowest BCUT2D eigenvalue weighted by atomic mass is 9.83. The van der Waals surface area contributed by atoms with Crippen LogP contribution in [0.1, 0.15) is 47.6 Å². The molecule has 4 rings (SSSR count). The molecule has 0 bridgehead atoms. The van der Waals surface area contributed by atoms with Crippen molar-refractivity contribution >= 4 is 5.91 Å². The van der Waals surface area contributed by atoms with Crippen LogP contribution in [0, 0.1) is 18.7 Å². The molecule has 1 heterocycles. The summed E-state index contributed by atoms with van der Waals surface area (Å²) in [5.74, 6) is 0.697. The second kappa shape index (κ2) is 10.8. The first-order chi connectivity index (χ1) is 16.4. The highest BCUT2D eigenvalue weighted by Crippen LogP contribution is 2.33. The standard InChI is InChI=1S/C29H33FN2O2/c1-20-14-24(12-13-28(20)30)25-16-26(29(33)31-21(2)23-9-5-4-6-10-23)19-32(18-25)17-22-8-7-11-27(15-22)34-3/h4-15,21,25-26H,16-19H2,1-3H3,(H,31,33). The number of likely N-dealkylation sites (tertiary alicyclic amines) is 1. The molecular weight excluding hydrogens is 427 g/mol. The van der Waals surface area contributed by atoms with E-state index < -0.39 is 0 Å². The predicted octanol–water partition coefficient (Wildman–Crippen LogP) is 5.63. The molecule has 1 aliphatic heterocycles. The van der Waals surface area contributed by atoms with Crippen molar-refractivity contribution in [3.05, 3.63) is 101 Å². The third-order valence-electron chi connectivity index (χ3n) is 6.75. The molecule has 178 valence electrons. The van der Waals surface area contributed by atoms with E-state index in [0.29, 0.717) is 12.1 Å². The summed E-state index contributed by atoms with van der Waals surface area (Å²) in [6.07, 6.45) is 0.743. The van der Waals surface area contributed by atoms with Crippen molar-refractivity contribution in [3.8, 4) is 5.75 Å². The number of amides is 1. The zero-order valence-corrected chi connectivity index (χ0v) is 20.1. The summed E-state index contributed by atoms with van der Waals surface area (Å²) in [5.41, 5.74) is 3.96. The van der Waals surface area contributed by atoms with Gasteiger partial charge in [-0.25, -0.2) is 4.39 Å². The summed E-state index contributed by atoms with van der Waals surface area (Å²) in [5, 5.41) is 3.22. The van der Waals surface area contributed by atoms with Crippen LogP contribution in [0.4, 0.5) is 4.39 Å². The van der Waals surface area contributed by atoms with Crippen LogP contribution in [0.2, 0.25) is 0 Å². The number of nitrogens with zero attached hydrogens (tertiary/aromatic N) is 1. The molecule has 0 spiro atoms. The molecule has 1 aliphatic rings. The molecule has 0 aliphatic carbocycles. The van der Waals surface area contributed by atoms with Gasteiger partial charge in [0, 0.05) is 19.6 Å². The van der Waals surface area contributed by atoms with Crippen molar-refractivity contribution < 1.29 is 13.9 Å². The number of aryl methyl sites for hydroxylation is 1. The van der Waals surface area contributed by atoms with Gasteiger partial charge in [-0.05, 0) is 66.6 Å². The van der Waals surface area contributed by atoms with Gasteiger partial charge in [0.1, 0.15) is 11.6 Å². The van der Waals surface area contributed by atoms with Crippen molar-refractivity contribution in [1.82, 2.24) is 10.2 Å². The Labute approximate surface area is 201 Å². The van der Waals surface area contributed by atoms with Crippen molar-refractivity contribution in [1.29, 1.82) is 0 Å². The fourth-order valence-corrected chi connectivity index (χ4v) is 4.86. The molecule has 3 aromatic rings. The number of halogens is 1. The highest BCUT2D eigenvalue weighted by molar-refractivity contribution is 5.79. The number of rotatable bonds is 7. The van der Waals surface area contributed by atoms with Crippen LogP contribution in [0.5, 0.6) is 5.75 Å². The lowest BCUT2D eigenvalue weighted by molar-refractivity contribution is -0.127. The van der Waals surface area contributed by atoms with E-state index in [0.717, 1.165) is 42.0 Å². The fraction of sp³-hybridized carbons (Fsp3) is 0.345. The van der Waals surface area contributed by atoms with Crippen molar-refractivity contribution in [3.63, 3.8) is 0 Å². The minimum atomic E-state index is -0.196. The first-order valence-electron chi connectivity index (χ1n) is 11.9. The number of hydrogen-bond donors (Lipinski definition) is 1. The smallest absolute Gasteiger partial charge is 0.224 e. The summed E-state index contributed by atoms with van der Waals surface area (Å²) >= 11 is 0. The normalized spacial score (nSPS) is 19.4.